The van der Waals surface area contributed by atoms with Crippen molar-refractivity contribution >= 4 is 0 Å². The molecule has 0 spiro atoms. The maximum Gasteiger partial charge on any atom is 0.119 e. The average Bonchev–Trinajstić information content (AvgIpc) is 2.32. The highest BCUT2D eigenvalue weighted by Gasteiger charge is 2.05. The van der Waals surface area contributed by atoms with Gasteiger partial charge in [-0.15, -0.1) is 11.8 Å². The van der Waals surface area contributed by atoms with Gasteiger partial charge in [0.2, 0.25) is 0 Å². The molecule has 0 saturated heterocycles. The van der Waals surface area contributed by atoms with E-state index in [4.69, 9.17) is 4.74 Å². The molecule has 0 atom stereocenters. The summed E-state index contributed by atoms with van der Waals surface area (Å²) in [5.41, 5.74) is 4.05. The van der Waals surface area contributed by atoms with Crippen LogP contribution in [0.1, 0.15) is 49.8 Å². The van der Waals surface area contributed by atoms with Crippen molar-refractivity contribution in [3.8, 4) is 17.6 Å². The summed E-state index contributed by atoms with van der Waals surface area (Å²) in [6.45, 7) is 9.21. The van der Waals surface area contributed by atoms with E-state index in [0.717, 1.165) is 38.0 Å². The second kappa shape index (κ2) is 7.82. The summed E-state index contributed by atoms with van der Waals surface area (Å²) < 4.78 is 5.55. The Bertz CT molecular complexity index is 412. The monoisotopic (exact) mass is 244 g/mol. The number of hydrogen-bond donors (Lipinski definition) is 0. The Balaban J connectivity index is 2.69. The second-order valence-electron chi connectivity index (χ2n) is 4.57. The first kappa shape index (κ1) is 14.6. The van der Waals surface area contributed by atoms with Crippen molar-refractivity contribution in [3.05, 3.63) is 28.8 Å². The molecule has 0 fully saturated rings. The van der Waals surface area contributed by atoms with Crippen molar-refractivity contribution in [1.29, 1.82) is 0 Å². The molecule has 0 unspecified atom stereocenters. The molecule has 1 aromatic carbocycles. The van der Waals surface area contributed by atoms with Gasteiger partial charge in [-0.1, -0.05) is 6.92 Å². The highest BCUT2D eigenvalue weighted by Crippen LogP contribution is 2.22. The summed E-state index contributed by atoms with van der Waals surface area (Å²) >= 11 is 0. The predicted octanol–water partition coefficient (Wildman–Crippen LogP) is 4.44. The van der Waals surface area contributed by atoms with Crippen LogP contribution in [-0.2, 0) is 6.42 Å². The van der Waals surface area contributed by atoms with Crippen LogP contribution in [0.15, 0.2) is 12.1 Å². The Hall–Kier alpha value is -1.42. The molecule has 0 bridgehead atoms. The summed E-state index contributed by atoms with van der Waals surface area (Å²) in [5, 5.41) is 0. The highest BCUT2D eigenvalue weighted by atomic mass is 16.5. The molecule has 1 rings (SSSR count). The van der Waals surface area contributed by atoms with E-state index >= 15 is 0 Å². The first-order chi connectivity index (χ1) is 8.69. The minimum absolute atomic E-state index is 0.723. The van der Waals surface area contributed by atoms with Gasteiger partial charge in [0.05, 0.1) is 6.61 Å². The molecule has 0 aromatic heterocycles. The zero-order chi connectivity index (χ0) is 13.4. The lowest BCUT2D eigenvalue weighted by Gasteiger charge is -2.11. The lowest BCUT2D eigenvalue weighted by molar-refractivity contribution is 0.339. The number of unbranched alkanes of at least 4 members (excludes halogenated alkanes) is 1. The van der Waals surface area contributed by atoms with Crippen LogP contribution in [0.3, 0.4) is 0 Å². The van der Waals surface area contributed by atoms with Crippen LogP contribution in [0.4, 0.5) is 0 Å². The lowest BCUT2D eigenvalue weighted by atomic mass is 9.98. The van der Waals surface area contributed by atoms with Crippen molar-refractivity contribution in [2.24, 2.45) is 0 Å². The highest BCUT2D eigenvalue weighted by molar-refractivity contribution is 5.41. The molecule has 0 N–H and O–H groups in total. The van der Waals surface area contributed by atoms with Crippen LogP contribution in [0.2, 0.25) is 0 Å². The summed E-state index contributed by atoms with van der Waals surface area (Å²) in [6.07, 6.45) is 4.16. The Morgan fingerprint density at radius 3 is 2.17 bits per heavy atom. The second-order valence-corrected chi connectivity index (χ2v) is 4.57. The van der Waals surface area contributed by atoms with Gasteiger partial charge < -0.3 is 4.74 Å². The minimum atomic E-state index is 0.723. The predicted molar refractivity (Wildman–Crippen MR) is 78.1 cm³/mol. The van der Waals surface area contributed by atoms with E-state index in [0.29, 0.717) is 0 Å². The maximum absolute atomic E-state index is 5.55. The Morgan fingerprint density at radius 2 is 1.61 bits per heavy atom. The smallest absolute Gasteiger partial charge is 0.119 e. The van der Waals surface area contributed by atoms with Gasteiger partial charge >= 0.3 is 0 Å². The zero-order valence-corrected chi connectivity index (χ0v) is 12.1. The first-order valence-corrected chi connectivity index (χ1v) is 6.87. The first-order valence-electron chi connectivity index (χ1n) is 6.87. The summed E-state index contributed by atoms with van der Waals surface area (Å²) in [6, 6.07) is 4.26. The molecule has 0 aliphatic rings. The van der Waals surface area contributed by atoms with Crippen molar-refractivity contribution in [3.63, 3.8) is 0 Å². The standard InChI is InChI=1S/C17H24O/c1-5-7-8-9-10-11-17-14(3)12-16(18-6-2)13-15(17)4/h12-13H,5-7,10-11H2,1-4H3. The van der Waals surface area contributed by atoms with Gasteiger partial charge in [0, 0.05) is 12.8 Å². The van der Waals surface area contributed by atoms with Gasteiger partial charge in [-0.25, -0.2) is 0 Å². The van der Waals surface area contributed by atoms with Crippen LogP contribution in [0, 0.1) is 25.7 Å². The molecular formula is C17H24O. The molecular weight excluding hydrogens is 220 g/mol. The van der Waals surface area contributed by atoms with Gasteiger partial charge in [0.1, 0.15) is 5.75 Å². The van der Waals surface area contributed by atoms with Gasteiger partial charge in [-0.2, -0.15) is 0 Å². The molecule has 1 aromatic rings. The Morgan fingerprint density at radius 1 is 1.00 bits per heavy atom. The van der Waals surface area contributed by atoms with Crippen LogP contribution < -0.4 is 4.74 Å². The van der Waals surface area contributed by atoms with Crippen LogP contribution in [0.5, 0.6) is 5.75 Å². The normalized spacial score (nSPS) is 9.78. The van der Waals surface area contributed by atoms with Gasteiger partial charge in [-0.3, -0.25) is 0 Å². The quantitative estimate of drug-likeness (QED) is 0.696. The molecule has 0 aliphatic heterocycles. The number of aryl methyl sites for hydroxylation is 2. The molecule has 0 heterocycles. The van der Waals surface area contributed by atoms with Crippen LogP contribution in [-0.4, -0.2) is 6.61 Å². The fourth-order valence-corrected chi connectivity index (χ4v) is 2.09. The molecule has 1 heteroatoms. The summed E-state index contributed by atoms with van der Waals surface area (Å²) in [4.78, 5) is 0. The van der Waals surface area contributed by atoms with Crippen molar-refractivity contribution < 1.29 is 4.74 Å². The van der Waals surface area contributed by atoms with Crippen LogP contribution >= 0.6 is 0 Å². The van der Waals surface area contributed by atoms with Gasteiger partial charge in [0.25, 0.3) is 0 Å². The Labute approximate surface area is 112 Å². The third-order valence-electron chi connectivity index (χ3n) is 2.98. The van der Waals surface area contributed by atoms with E-state index in [2.05, 4.69) is 44.7 Å². The third kappa shape index (κ3) is 4.45. The zero-order valence-electron chi connectivity index (χ0n) is 12.1. The molecule has 0 saturated carbocycles. The van der Waals surface area contributed by atoms with E-state index in [9.17, 15) is 0 Å². The fourth-order valence-electron chi connectivity index (χ4n) is 2.09. The Kier molecular flexibility index (Phi) is 6.36. The van der Waals surface area contributed by atoms with E-state index in [1.807, 2.05) is 6.92 Å². The maximum atomic E-state index is 5.55. The number of benzene rings is 1. The van der Waals surface area contributed by atoms with Gasteiger partial charge in [-0.05, 0) is 62.4 Å². The fraction of sp³-hybridized carbons (Fsp3) is 0.529. The molecule has 98 valence electrons. The van der Waals surface area contributed by atoms with E-state index in [1.165, 1.54) is 16.7 Å². The number of ether oxygens (including phenoxy) is 1. The molecule has 0 aliphatic carbocycles. The van der Waals surface area contributed by atoms with Crippen molar-refractivity contribution in [1.82, 2.24) is 0 Å². The SMILES string of the molecule is CCCC#CCCc1c(C)cc(OCC)cc1C. The topological polar surface area (TPSA) is 9.23 Å². The third-order valence-corrected chi connectivity index (χ3v) is 2.98. The average molecular weight is 244 g/mol. The van der Waals surface area contributed by atoms with Crippen LogP contribution in [0.25, 0.3) is 0 Å². The summed E-state index contributed by atoms with van der Waals surface area (Å²) in [7, 11) is 0. The summed E-state index contributed by atoms with van der Waals surface area (Å²) in [5.74, 6) is 7.43. The minimum Gasteiger partial charge on any atom is -0.494 e. The van der Waals surface area contributed by atoms with E-state index in [-0.39, 0.29) is 0 Å². The molecule has 0 amide bonds. The molecule has 18 heavy (non-hydrogen) atoms. The molecule has 0 radical (unpaired) electrons. The van der Waals surface area contributed by atoms with E-state index in [1.54, 1.807) is 0 Å². The van der Waals surface area contributed by atoms with Crippen molar-refractivity contribution in [2.75, 3.05) is 6.61 Å². The lowest BCUT2D eigenvalue weighted by Crippen LogP contribution is -1.98. The van der Waals surface area contributed by atoms with Crippen molar-refractivity contribution in [2.45, 2.75) is 53.4 Å². The number of hydrogen-bond acceptors (Lipinski definition) is 1. The molecule has 1 nitrogen and oxygen atoms in total. The number of rotatable bonds is 5. The van der Waals surface area contributed by atoms with Gasteiger partial charge in [0.15, 0.2) is 0 Å². The largest absolute Gasteiger partial charge is 0.494 e. The van der Waals surface area contributed by atoms with E-state index < -0.39 is 0 Å².